The first-order valence-electron chi connectivity index (χ1n) is 8.70. The zero-order valence-corrected chi connectivity index (χ0v) is 16.6. The summed E-state index contributed by atoms with van der Waals surface area (Å²) in [5.41, 5.74) is 1.08. The summed E-state index contributed by atoms with van der Waals surface area (Å²) in [6, 6.07) is 6.38. The Labute approximate surface area is 164 Å². The number of fused-ring (bicyclic) bond motifs is 3. The van der Waals surface area contributed by atoms with Crippen LogP contribution in [0.5, 0.6) is 0 Å². The monoisotopic (exact) mass is 399 g/mol. The molecule has 0 N–H and O–H groups in total. The van der Waals surface area contributed by atoms with Crippen molar-refractivity contribution in [2.45, 2.75) is 26.8 Å². The van der Waals surface area contributed by atoms with E-state index in [1.165, 1.54) is 11.5 Å². The zero-order chi connectivity index (χ0) is 20.3. The number of benzene rings is 1. The number of aryl methyl sites for hydroxylation is 2. The lowest BCUT2D eigenvalue weighted by molar-refractivity contribution is -0.119. The highest BCUT2D eigenvalue weighted by Gasteiger charge is 2.24. The number of aromatic nitrogens is 5. The second-order valence-corrected chi connectivity index (χ2v) is 7.28. The maximum atomic E-state index is 13.1. The van der Waals surface area contributed by atoms with Crippen LogP contribution < -0.4 is 11.2 Å². The highest BCUT2D eigenvalue weighted by atomic mass is 35.5. The van der Waals surface area contributed by atoms with E-state index < -0.39 is 17.3 Å². The quantitative estimate of drug-likeness (QED) is 0.529. The van der Waals surface area contributed by atoms with E-state index in [4.69, 9.17) is 11.6 Å². The molecule has 4 aromatic rings. The van der Waals surface area contributed by atoms with Gasteiger partial charge in [0.1, 0.15) is 0 Å². The lowest BCUT2D eigenvalue weighted by Gasteiger charge is -2.12. The molecule has 1 unspecified atom stereocenters. The molecular weight excluding hydrogens is 382 g/mol. The van der Waals surface area contributed by atoms with E-state index >= 15 is 0 Å². The van der Waals surface area contributed by atoms with Crippen molar-refractivity contribution in [3.63, 3.8) is 0 Å². The molecule has 0 radical (unpaired) electrons. The average Bonchev–Trinajstić information content (AvgIpc) is 3.15. The van der Waals surface area contributed by atoms with Gasteiger partial charge in [-0.05, 0) is 45.0 Å². The van der Waals surface area contributed by atoms with E-state index in [-0.39, 0.29) is 16.9 Å². The van der Waals surface area contributed by atoms with Crippen LogP contribution in [0, 0.1) is 6.92 Å². The number of nitrogens with zero attached hydrogens (tertiary/aromatic N) is 5. The van der Waals surface area contributed by atoms with Gasteiger partial charge < -0.3 is 0 Å². The van der Waals surface area contributed by atoms with Gasteiger partial charge in [0.25, 0.3) is 5.56 Å². The van der Waals surface area contributed by atoms with Crippen LogP contribution in [-0.4, -0.2) is 28.9 Å². The first-order valence-corrected chi connectivity index (χ1v) is 9.08. The molecule has 144 valence electrons. The molecule has 3 heterocycles. The van der Waals surface area contributed by atoms with Crippen LogP contribution in [0.25, 0.3) is 22.6 Å². The van der Waals surface area contributed by atoms with Crippen LogP contribution in [0.2, 0.25) is 5.02 Å². The largest absolute Gasteiger partial charge is 0.333 e. The Morgan fingerprint density at radius 1 is 1.18 bits per heavy atom. The Bertz CT molecular complexity index is 1370. The predicted octanol–water partition coefficient (Wildman–Crippen LogP) is 2.25. The number of carbonyl (C=O) groups excluding carboxylic acids is 1. The third-order valence-electron chi connectivity index (χ3n) is 5.04. The van der Waals surface area contributed by atoms with Gasteiger partial charge in [0.15, 0.2) is 16.9 Å². The minimum Gasteiger partial charge on any atom is -0.298 e. The fourth-order valence-electron chi connectivity index (χ4n) is 3.41. The molecule has 4 rings (SSSR count). The van der Waals surface area contributed by atoms with Gasteiger partial charge in [0.05, 0.1) is 6.04 Å². The summed E-state index contributed by atoms with van der Waals surface area (Å²) in [5.74, 6) is 0.226. The second kappa shape index (κ2) is 6.20. The minimum absolute atomic E-state index is 0.251. The number of halogens is 1. The normalized spacial score (nSPS) is 12.8. The molecule has 0 spiro atoms. The molecule has 1 aromatic carbocycles. The van der Waals surface area contributed by atoms with Crippen molar-refractivity contribution in [3.8, 4) is 5.69 Å². The number of imidazole rings is 2. The second-order valence-electron chi connectivity index (χ2n) is 6.84. The number of rotatable bonds is 3. The number of Topliss-reactive ketones (excluding diaryl/α,β-unsaturated/α-hetero) is 1. The van der Waals surface area contributed by atoms with Crippen LogP contribution in [0.1, 0.15) is 25.6 Å². The standard InChI is InChI=1S/C19H18ClN5O3/c1-10-9-23-15-16(21-18(23)24(10)14-7-5-13(20)6-8-14)22(4)19(28)25(17(15)27)11(2)12(3)26/h5-9,11H,1-4H3. The van der Waals surface area contributed by atoms with E-state index in [2.05, 4.69) is 4.98 Å². The zero-order valence-electron chi connectivity index (χ0n) is 15.8. The van der Waals surface area contributed by atoms with E-state index in [1.807, 2.05) is 23.6 Å². The first-order chi connectivity index (χ1) is 13.2. The molecule has 1 atom stereocenters. The molecule has 0 aliphatic carbocycles. The molecule has 0 saturated heterocycles. The molecule has 9 heteroatoms. The fraction of sp³-hybridized carbons (Fsp3) is 0.263. The van der Waals surface area contributed by atoms with Crippen LogP contribution in [-0.2, 0) is 11.8 Å². The third kappa shape index (κ3) is 2.45. The Morgan fingerprint density at radius 3 is 2.43 bits per heavy atom. The highest BCUT2D eigenvalue weighted by Crippen LogP contribution is 2.22. The van der Waals surface area contributed by atoms with Crippen molar-refractivity contribution in [2.24, 2.45) is 7.05 Å². The Balaban J connectivity index is 2.14. The molecule has 0 saturated carbocycles. The summed E-state index contributed by atoms with van der Waals surface area (Å²) in [6.07, 6.45) is 1.79. The SMILES string of the molecule is CC(=O)C(C)n1c(=O)c2c(nc3n(-c4ccc(Cl)cc4)c(C)cn23)n(C)c1=O. The van der Waals surface area contributed by atoms with Crippen molar-refractivity contribution in [2.75, 3.05) is 0 Å². The van der Waals surface area contributed by atoms with Gasteiger partial charge in [-0.3, -0.25) is 23.1 Å². The van der Waals surface area contributed by atoms with Crippen molar-refractivity contribution in [3.05, 3.63) is 62.0 Å². The Kier molecular flexibility index (Phi) is 4.04. The van der Waals surface area contributed by atoms with E-state index in [0.717, 1.165) is 15.9 Å². The molecule has 28 heavy (non-hydrogen) atoms. The van der Waals surface area contributed by atoms with Crippen molar-refractivity contribution in [1.29, 1.82) is 0 Å². The van der Waals surface area contributed by atoms with Gasteiger partial charge in [-0.15, -0.1) is 0 Å². The summed E-state index contributed by atoms with van der Waals surface area (Å²) < 4.78 is 5.81. The lowest BCUT2D eigenvalue weighted by atomic mass is 10.2. The van der Waals surface area contributed by atoms with Gasteiger partial charge in [0, 0.05) is 29.6 Å². The number of hydrogen-bond acceptors (Lipinski definition) is 4. The molecule has 8 nitrogen and oxygen atoms in total. The molecule has 0 fully saturated rings. The summed E-state index contributed by atoms with van der Waals surface area (Å²) in [4.78, 5) is 42.2. The van der Waals surface area contributed by atoms with Crippen molar-refractivity contribution in [1.82, 2.24) is 23.1 Å². The average molecular weight is 400 g/mol. The van der Waals surface area contributed by atoms with E-state index in [1.54, 1.807) is 36.7 Å². The van der Waals surface area contributed by atoms with Crippen LogP contribution in [0.3, 0.4) is 0 Å². The topological polar surface area (TPSA) is 83.3 Å². The smallest absolute Gasteiger partial charge is 0.298 e. The van der Waals surface area contributed by atoms with Gasteiger partial charge in [-0.2, -0.15) is 4.98 Å². The summed E-state index contributed by atoms with van der Waals surface area (Å²) >= 11 is 5.99. The Morgan fingerprint density at radius 2 is 1.82 bits per heavy atom. The van der Waals surface area contributed by atoms with Crippen molar-refractivity contribution >= 4 is 34.3 Å². The van der Waals surface area contributed by atoms with E-state index in [9.17, 15) is 14.4 Å². The van der Waals surface area contributed by atoms with E-state index in [0.29, 0.717) is 10.8 Å². The van der Waals surface area contributed by atoms with Gasteiger partial charge in [-0.1, -0.05) is 11.6 Å². The summed E-state index contributed by atoms with van der Waals surface area (Å²) in [5, 5.41) is 0.613. The highest BCUT2D eigenvalue weighted by molar-refractivity contribution is 6.30. The molecule has 0 bridgehead atoms. The van der Waals surface area contributed by atoms with Gasteiger partial charge in [0.2, 0.25) is 5.78 Å². The molecule has 0 aliphatic heterocycles. The molecule has 0 amide bonds. The molecular formula is C19H18ClN5O3. The van der Waals surface area contributed by atoms with Crippen LogP contribution >= 0.6 is 11.6 Å². The predicted molar refractivity (Wildman–Crippen MR) is 107 cm³/mol. The maximum Gasteiger partial charge on any atom is 0.333 e. The summed E-state index contributed by atoms with van der Waals surface area (Å²) in [6.45, 7) is 4.79. The number of carbonyl (C=O) groups is 1. The Hall–Kier alpha value is -3.13. The van der Waals surface area contributed by atoms with Crippen LogP contribution in [0.15, 0.2) is 40.1 Å². The maximum absolute atomic E-state index is 13.1. The fourth-order valence-corrected chi connectivity index (χ4v) is 3.54. The number of ketones is 1. The molecule has 0 aliphatic rings. The molecule has 3 aromatic heterocycles. The third-order valence-corrected chi connectivity index (χ3v) is 5.29. The first kappa shape index (κ1) is 18.2. The van der Waals surface area contributed by atoms with Gasteiger partial charge >= 0.3 is 5.69 Å². The van der Waals surface area contributed by atoms with Crippen molar-refractivity contribution < 1.29 is 4.79 Å². The summed E-state index contributed by atoms with van der Waals surface area (Å²) in [7, 11) is 1.54. The van der Waals surface area contributed by atoms with Gasteiger partial charge in [-0.25, -0.2) is 9.36 Å². The number of hydrogen-bond donors (Lipinski definition) is 0. The minimum atomic E-state index is -0.861. The lowest BCUT2D eigenvalue weighted by Crippen LogP contribution is -2.42. The van der Waals surface area contributed by atoms with Crippen LogP contribution in [0.4, 0.5) is 0 Å².